The molecule has 0 radical (unpaired) electrons. The summed E-state index contributed by atoms with van der Waals surface area (Å²) in [5, 5.41) is 2.74. The SMILES string of the molecule is Cc1ccc(C)c(C(=O)N2[C@@H]3CC[C@H]2[C@@](CCC(C)C)(C(=O)NCC(N)=O)C3)c1. The third kappa shape index (κ3) is 4.02. The normalized spacial score (nSPS) is 25.5. The molecule has 3 amide bonds. The van der Waals surface area contributed by atoms with Crippen molar-refractivity contribution in [3.8, 4) is 0 Å². The molecule has 6 nitrogen and oxygen atoms in total. The van der Waals surface area contributed by atoms with Crippen molar-refractivity contribution in [2.75, 3.05) is 6.54 Å². The summed E-state index contributed by atoms with van der Waals surface area (Å²) in [6, 6.07) is 5.87. The molecule has 3 rings (SSSR count). The lowest BCUT2D eigenvalue weighted by Crippen LogP contribution is -2.51. The van der Waals surface area contributed by atoms with E-state index in [0.717, 1.165) is 36.0 Å². The number of benzene rings is 1. The molecule has 2 fully saturated rings. The van der Waals surface area contributed by atoms with Crippen LogP contribution < -0.4 is 11.1 Å². The van der Waals surface area contributed by atoms with Gasteiger partial charge in [0.15, 0.2) is 0 Å². The van der Waals surface area contributed by atoms with Crippen LogP contribution in [0.3, 0.4) is 0 Å². The molecule has 0 saturated carbocycles. The summed E-state index contributed by atoms with van der Waals surface area (Å²) in [6.45, 7) is 8.06. The fraction of sp³-hybridized carbons (Fsp3) is 0.609. The largest absolute Gasteiger partial charge is 0.368 e. The van der Waals surface area contributed by atoms with Crippen LogP contribution in [0.2, 0.25) is 0 Å². The van der Waals surface area contributed by atoms with Gasteiger partial charge in [-0.3, -0.25) is 14.4 Å². The van der Waals surface area contributed by atoms with Gasteiger partial charge in [0.05, 0.1) is 12.0 Å². The van der Waals surface area contributed by atoms with E-state index in [9.17, 15) is 14.4 Å². The number of amides is 3. The zero-order chi connectivity index (χ0) is 21.3. The maximum absolute atomic E-state index is 13.5. The standard InChI is InChI=1S/C23H33N3O3/c1-14(2)9-10-23(22(29)25-13-20(24)27)12-17-7-8-19(23)26(17)21(28)18-11-15(3)5-6-16(18)4/h5-6,11,14,17,19H,7-10,12-13H2,1-4H3,(H2,24,27)(H,25,29)/t17-,19+,23+/m1/s1. The van der Waals surface area contributed by atoms with E-state index in [1.807, 2.05) is 36.9 Å². The Bertz CT molecular complexity index is 820. The van der Waals surface area contributed by atoms with Gasteiger partial charge in [-0.1, -0.05) is 31.5 Å². The summed E-state index contributed by atoms with van der Waals surface area (Å²) in [7, 11) is 0. The van der Waals surface area contributed by atoms with Gasteiger partial charge in [-0.15, -0.1) is 0 Å². The summed E-state index contributed by atoms with van der Waals surface area (Å²) < 4.78 is 0. The second kappa shape index (κ2) is 8.17. The van der Waals surface area contributed by atoms with E-state index in [1.54, 1.807) is 0 Å². The maximum Gasteiger partial charge on any atom is 0.254 e. The molecule has 2 aliphatic heterocycles. The summed E-state index contributed by atoms with van der Waals surface area (Å²) >= 11 is 0. The minimum Gasteiger partial charge on any atom is -0.368 e. The third-order valence-electron chi connectivity index (χ3n) is 6.64. The van der Waals surface area contributed by atoms with Crippen LogP contribution in [0.1, 0.15) is 67.4 Å². The molecule has 6 heteroatoms. The van der Waals surface area contributed by atoms with E-state index < -0.39 is 11.3 Å². The number of hydrogen-bond donors (Lipinski definition) is 2. The Balaban J connectivity index is 1.92. The number of carbonyl (C=O) groups excluding carboxylic acids is 3. The first-order valence-electron chi connectivity index (χ1n) is 10.6. The average Bonchev–Trinajstić information content (AvgIpc) is 3.22. The van der Waals surface area contributed by atoms with E-state index in [0.29, 0.717) is 18.8 Å². The molecule has 3 atom stereocenters. The van der Waals surface area contributed by atoms with Crippen molar-refractivity contribution in [3.63, 3.8) is 0 Å². The molecule has 0 unspecified atom stereocenters. The number of aryl methyl sites for hydroxylation is 2. The second-order valence-electron chi connectivity index (χ2n) is 9.22. The summed E-state index contributed by atoms with van der Waals surface area (Å²) in [6.07, 6.45) is 4.02. The number of primary amides is 1. The molecule has 2 heterocycles. The molecule has 1 aromatic rings. The molecule has 1 aromatic carbocycles. The maximum atomic E-state index is 13.5. The fourth-order valence-corrected chi connectivity index (χ4v) is 5.11. The van der Waals surface area contributed by atoms with Gasteiger partial charge in [0.1, 0.15) is 0 Å². The van der Waals surface area contributed by atoms with Gasteiger partial charge in [-0.2, -0.15) is 0 Å². The van der Waals surface area contributed by atoms with E-state index in [2.05, 4.69) is 19.2 Å². The lowest BCUT2D eigenvalue weighted by atomic mass is 9.69. The van der Waals surface area contributed by atoms with Crippen LogP contribution in [0.15, 0.2) is 18.2 Å². The number of fused-ring (bicyclic) bond motifs is 2. The number of nitrogens with one attached hydrogen (secondary N) is 1. The highest BCUT2D eigenvalue weighted by molar-refractivity contribution is 5.98. The number of nitrogens with zero attached hydrogens (tertiary/aromatic N) is 1. The highest BCUT2D eigenvalue weighted by Crippen LogP contribution is 2.53. The van der Waals surface area contributed by atoms with E-state index in [4.69, 9.17) is 5.73 Å². The topological polar surface area (TPSA) is 92.5 Å². The van der Waals surface area contributed by atoms with Crippen LogP contribution in [0.5, 0.6) is 0 Å². The van der Waals surface area contributed by atoms with Gasteiger partial charge in [0, 0.05) is 17.6 Å². The van der Waals surface area contributed by atoms with E-state index in [1.165, 1.54) is 0 Å². The molecule has 2 aliphatic rings. The number of rotatable bonds is 7. The molecule has 2 saturated heterocycles. The molecular formula is C23H33N3O3. The molecule has 29 heavy (non-hydrogen) atoms. The Morgan fingerprint density at radius 2 is 1.97 bits per heavy atom. The van der Waals surface area contributed by atoms with Gasteiger partial charge < -0.3 is 16.0 Å². The molecule has 0 aromatic heterocycles. The van der Waals surface area contributed by atoms with Crippen LogP contribution in [0, 0.1) is 25.2 Å². The number of nitrogens with two attached hydrogens (primary N) is 1. The van der Waals surface area contributed by atoms with E-state index in [-0.39, 0.29) is 30.4 Å². The Kier molecular flexibility index (Phi) is 6.01. The molecule has 158 valence electrons. The second-order valence-corrected chi connectivity index (χ2v) is 9.22. The van der Waals surface area contributed by atoms with E-state index >= 15 is 0 Å². The third-order valence-corrected chi connectivity index (χ3v) is 6.64. The van der Waals surface area contributed by atoms with Crippen LogP contribution >= 0.6 is 0 Å². The molecule has 0 spiro atoms. The predicted octanol–water partition coefficient (Wildman–Crippen LogP) is 2.70. The molecule has 0 aliphatic carbocycles. The van der Waals surface area contributed by atoms with Gasteiger partial charge in [0.25, 0.3) is 5.91 Å². The monoisotopic (exact) mass is 399 g/mol. The molecule has 3 N–H and O–H groups in total. The van der Waals surface area contributed by atoms with Gasteiger partial charge in [0.2, 0.25) is 11.8 Å². The lowest BCUT2D eigenvalue weighted by molar-refractivity contribution is -0.135. The van der Waals surface area contributed by atoms with Crippen molar-refractivity contribution in [2.45, 2.75) is 71.9 Å². The first kappa shape index (κ1) is 21.3. The molecule has 2 bridgehead atoms. The Morgan fingerprint density at radius 1 is 1.24 bits per heavy atom. The average molecular weight is 400 g/mol. The quantitative estimate of drug-likeness (QED) is 0.738. The number of carbonyl (C=O) groups is 3. The summed E-state index contributed by atoms with van der Waals surface area (Å²) in [5.74, 6) is -0.210. The van der Waals surface area contributed by atoms with Crippen molar-refractivity contribution >= 4 is 17.7 Å². The van der Waals surface area contributed by atoms with Gasteiger partial charge >= 0.3 is 0 Å². The van der Waals surface area contributed by atoms with Crippen molar-refractivity contribution in [1.82, 2.24) is 10.2 Å². The van der Waals surface area contributed by atoms with Crippen LogP contribution in [-0.4, -0.2) is 41.2 Å². The molecular weight excluding hydrogens is 366 g/mol. The van der Waals surface area contributed by atoms with Crippen LogP contribution in [0.4, 0.5) is 0 Å². The van der Waals surface area contributed by atoms with Crippen molar-refractivity contribution in [2.24, 2.45) is 17.1 Å². The fourth-order valence-electron chi connectivity index (χ4n) is 5.11. The highest BCUT2D eigenvalue weighted by Gasteiger charge is 2.60. The van der Waals surface area contributed by atoms with Crippen LogP contribution in [-0.2, 0) is 9.59 Å². The zero-order valence-corrected chi connectivity index (χ0v) is 18.0. The van der Waals surface area contributed by atoms with Crippen molar-refractivity contribution < 1.29 is 14.4 Å². The zero-order valence-electron chi connectivity index (χ0n) is 18.0. The predicted molar refractivity (Wildman–Crippen MR) is 112 cm³/mol. The van der Waals surface area contributed by atoms with Crippen molar-refractivity contribution in [3.05, 3.63) is 34.9 Å². The summed E-state index contributed by atoms with van der Waals surface area (Å²) in [5.41, 5.74) is 7.33. The van der Waals surface area contributed by atoms with Gasteiger partial charge in [-0.25, -0.2) is 0 Å². The number of hydrogen-bond acceptors (Lipinski definition) is 3. The minimum absolute atomic E-state index is 0.0211. The Morgan fingerprint density at radius 3 is 2.62 bits per heavy atom. The Labute approximate surface area is 173 Å². The summed E-state index contributed by atoms with van der Waals surface area (Å²) in [4.78, 5) is 39.9. The van der Waals surface area contributed by atoms with Crippen LogP contribution in [0.25, 0.3) is 0 Å². The smallest absolute Gasteiger partial charge is 0.254 e. The first-order chi connectivity index (χ1) is 13.7. The van der Waals surface area contributed by atoms with Crippen molar-refractivity contribution in [1.29, 1.82) is 0 Å². The minimum atomic E-state index is -0.643. The Hall–Kier alpha value is -2.37. The highest BCUT2D eigenvalue weighted by atomic mass is 16.2. The first-order valence-corrected chi connectivity index (χ1v) is 10.6. The van der Waals surface area contributed by atoms with Gasteiger partial charge in [-0.05, 0) is 63.5 Å². The lowest BCUT2D eigenvalue weighted by Gasteiger charge is -2.36.